The first-order chi connectivity index (χ1) is 12.1. The average Bonchev–Trinajstić information content (AvgIpc) is 3.25. The number of alkyl carbamates (subject to hydrolysis) is 1. The summed E-state index contributed by atoms with van der Waals surface area (Å²) in [5.41, 5.74) is 2.59. The molecule has 130 valence electrons. The average molecular weight is 341 g/mol. The third-order valence-corrected chi connectivity index (χ3v) is 4.87. The van der Waals surface area contributed by atoms with Crippen LogP contribution in [0.3, 0.4) is 0 Å². The maximum Gasteiger partial charge on any atom is 0.407 e. The van der Waals surface area contributed by atoms with Crippen molar-refractivity contribution in [3.8, 4) is 0 Å². The second-order valence-electron chi connectivity index (χ2n) is 6.40. The van der Waals surface area contributed by atoms with Crippen molar-refractivity contribution in [2.24, 2.45) is 0 Å². The summed E-state index contributed by atoms with van der Waals surface area (Å²) < 4.78 is 6.50. The van der Waals surface area contributed by atoms with Crippen LogP contribution in [0.15, 0.2) is 23.3 Å². The predicted octanol–water partition coefficient (Wildman–Crippen LogP) is 2.03. The highest BCUT2D eigenvalue weighted by molar-refractivity contribution is 6.00. The van der Waals surface area contributed by atoms with E-state index < -0.39 is 6.09 Å². The van der Waals surface area contributed by atoms with Crippen molar-refractivity contribution in [1.29, 1.82) is 0 Å². The molecule has 2 N–H and O–H groups in total. The minimum atomic E-state index is -0.439. The zero-order valence-corrected chi connectivity index (χ0v) is 14.1. The van der Waals surface area contributed by atoms with Gasteiger partial charge in [-0.3, -0.25) is 4.79 Å². The molecule has 4 rings (SSSR count). The van der Waals surface area contributed by atoms with Gasteiger partial charge in [0.1, 0.15) is 16.9 Å². The highest BCUT2D eigenvalue weighted by Crippen LogP contribution is 2.33. The number of pyridine rings is 1. The van der Waals surface area contributed by atoms with Crippen LogP contribution in [0.4, 0.5) is 4.79 Å². The number of hydrogen-bond donors (Lipinski definition) is 2. The molecule has 3 aromatic heterocycles. The largest absolute Gasteiger partial charge is 0.453 e. The molecule has 1 aliphatic carbocycles. The first-order valence-electron chi connectivity index (χ1n) is 8.28. The number of nitrogens with zero attached hydrogens (tertiary/aromatic N) is 3. The van der Waals surface area contributed by atoms with Crippen molar-refractivity contribution in [3.63, 3.8) is 0 Å². The molecular formula is C17H19N5O3. The van der Waals surface area contributed by atoms with Gasteiger partial charge in [-0.05, 0) is 32.3 Å². The molecule has 0 radical (unpaired) electrons. The van der Waals surface area contributed by atoms with Crippen molar-refractivity contribution in [2.75, 3.05) is 7.11 Å². The van der Waals surface area contributed by atoms with E-state index in [1.807, 2.05) is 16.8 Å². The Balaban J connectivity index is 1.84. The monoisotopic (exact) mass is 341 g/mol. The van der Waals surface area contributed by atoms with Crippen molar-refractivity contribution < 1.29 is 9.53 Å². The summed E-state index contributed by atoms with van der Waals surface area (Å²) in [5.74, 6) is 0. The Labute approximate surface area is 143 Å². The molecule has 1 amide bonds. The van der Waals surface area contributed by atoms with Gasteiger partial charge in [-0.15, -0.1) is 0 Å². The Bertz CT molecular complexity index is 1020. The summed E-state index contributed by atoms with van der Waals surface area (Å²) in [6.07, 6.45) is 5.35. The van der Waals surface area contributed by atoms with Gasteiger partial charge >= 0.3 is 6.09 Å². The van der Waals surface area contributed by atoms with Crippen LogP contribution in [0.5, 0.6) is 0 Å². The van der Waals surface area contributed by atoms with Gasteiger partial charge < -0.3 is 19.6 Å². The smallest absolute Gasteiger partial charge is 0.407 e. The summed E-state index contributed by atoms with van der Waals surface area (Å²) in [7, 11) is 1.35. The predicted molar refractivity (Wildman–Crippen MR) is 92.6 cm³/mol. The fourth-order valence-electron chi connectivity index (χ4n) is 3.72. The number of fused-ring (bicyclic) bond motifs is 3. The number of carbonyl (C=O) groups is 1. The summed E-state index contributed by atoms with van der Waals surface area (Å²) >= 11 is 0. The van der Waals surface area contributed by atoms with E-state index in [1.54, 1.807) is 13.1 Å². The van der Waals surface area contributed by atoms with E-state index in [1.165, 1.54) is 7.11 Å². The van der Waals surface area contributed by atoms with Crippen molar-refractivity contribution in [2.45, 2.75) is 38.3 Å². The molecule has 0 spiro atoms. The molecule has 2 atom stereocenters. The van der Waals surface area contributed by atoms with E-state index in [0.29, 0.717) is 17.6 Å². The quantitative estimate of drug-likeness (QED) is 0.742. The van der Waals surface area contributed by atoms with E-state index in [9.17, 15) is 9.59 Å². The van der Waals surface area contributed by atoms with Gasteiger partial charge in [0.25, 0.3) is 5.56 Å². The topological polar surface area (TPSA) is 102 Å². The molecule has 0 bridgehead atoms. The molecule has 25 heavy (non-hydrogen) atoms. The molecule has 1 aliphatic rings. The zero-order chi connectivity index (χ0) is 17.6. The Morgan fingerprint density at radius 1 is 1.44 bits per heavy atom. The van der Waals surface area contributed by atoms with Crippen LogP contribution in [-0.2, 0) is 4.74 Å². The minimum absolute atomic E-state index is 0.000596. The molecular weight excluding hydrogens is 322 g/mol. The fraction of sp³-hybridized carbons (Fsp3) is 0.412. The Morgan fingerprint density at radius 3 is 3.08 bits per heavy atom. The molecule has 1 saturated carbocycles. The molecule has 8 heteroatoms. The summed E-state index contributed by atoms with van der Waals surface area (Å²) in [6.45, 7) is 1.72. The maximum absolute atomic E-state index is 12.9. The number of hydrogen-bond acceptors (Lipinski definition) is 5. The molecule has 2 unspecified atom stereocenters. The third-order valence-electron chi connectivity index (χ3n) is 4.87. The number of methoxy groups -OCH3 is 1. The van der Waals surface area contributed by atoms with Crippen molar-refractivity contribution in [3.05, 3.63) is 34.5 Å². The van der Waals surface area contributed by atoms with Crippen LogP contribution in [0.2, 0.25) is 0 Å². The number of ether oxygens (including phenoxy) is 1. The lowest BCUT2D eigenvalue weighted by Crippen LogP contribution is -2.33. The molecule has 0 aromatic carbocycles. The molecule has 1 fully saturated rings. The number of rotatable bonds is 2. The second-order valence-corrected chi connectivity index (χ2v) is 6.40. The lowest BCUT2D eigenvalue weighted by molar-refractivity contribution is 0.166. The van der Waals surface area contributed by atoms with E-state index in [-0.39, 0.29) is 17.6 Å². The molecule has 0 saturated heterocycles. The molecule has 0 aliphatic heterocycles. The number of carbonyl (C=O) groups excluding carboxylic acids is 1. The summed E-state index contributed by atoms with van der Waals surface area (Å²) in [5, 5.41) is 3.71. The number of aromatic nitrogens is 4. The number of nitrogens with one attached hydrogen (secondary N) is 2. The van der Waals surface area contributed by atoms with Crippen LogP contribution >= 0.6 is 0 Å². The van der Waals surface area contributed by atoms with Crippen molar-refractivity contribution in [1.82, 2.24) is 24.8 Å². The summed E-state index contributed by atoms with van der Waals surface area (Å²) in [6, 6.07) is 1.91. The van der Waals surface area contributed by atoms with Gasteiger partial charge in [-0.25, -0.2) is 14.8 Å². The van der Waals surface area contributed by atoms with Gasteiger partial charge in [-0.2, -0.15) is 0 Å². The Hall–Kier alpha value is -2.90. The molecule has 3 aromatic rings. The highest BCUT2D eigenvalue weighted by atomic mass is 16.5. The summed E-state index contributed by atoms with van der Waals surface area (Å²) in [4.78, 5) is 36.2. The fourth-order valence-corrected chi connectivity index (χ4v) is 3.72. The van der Waals surface area contributed by atoms with Crippen LogP contribution < -0.4 is 10.9 Å². The second kappa shape index (κ2) is 5.87. The molecule has 3 heterocycles. The SMILES string of the molecule is COC(=O)NC1CCC(n2c(=O)c(C)nc3cnc4[nH]ccc4c32)C1. The highest BCUT2D eigenvalue weighted by Gasteiger charge is 2.30. The van der Waals surface area contributed by atoms with Crippen LogP contribution in [0.1, 0.15) is 31.0 Å². The Morgan fingerprint density at radius 2 is 2.28 bits per heavy atom. The Kier molecular flexibility index (Phi) is 3.67. The van der Waals surface area contributed by atoms with Crippen molar-refractivity contribution >= 4 is 28.2 Å². The van der Waals surface area contributed by atoms with E-state index >= 15 is 0 Å². The van der Waals surface area contributed by atoms with E-state index in [4.69, 9.17) is 0 Å². The van der Waals surface area contributed by atoms with Gasteiger partial charge in [0.15, 0.2) is 0 Å². The van der Waals surface area contributed by atoms with Crippen LogP contribution in [0.25, 0.3) is 22.1 Å². The third kappa shape index (κ3) is 2.54. The number of aromatic amines is 1. The first-order valence-corrected chi connectivity index (χ1v) is 8.28. The molecule has 8 nitrogen and oxygen atoms in total. The minimum Gasteiger partial charge on any atom is -0.453 e. The first kappa shape index (κ1) is 15.6. The lowest BCUT2D eigenvalue weighted by Gasteiger charge is -2.18. The van der Waals surface area contributed by atoms with Crippen LogP contribution in [0, 0.1) is 6.92 Å². The van der Waals surface area contributed by atoms with Gasteiger partial charge in [-0.1, -0.05) is 0 Å². The van der Waals surface area contributed by atoms with Gasteiger partial charge in [0, 0.05) is 23.7 Å². The van der Waals surface area contributed by atoms with Gasteiger partial charge in [0.2, 0.25) is 0 Å². The van der Waals surface area contributed by atoms with E-state index in [0.717, 1.165) is 29.4 Å². The normalized spacial score (nSPS) is 20.2. The zero-order valence-electron chi connectivity index (χ0n) is 14.1. The number of aryl methyl sites for hydroxylation is 1. The van der Waals surface area contributed by atoms with Gasteiger partial charge in [0.05, 0.1) is 18.8 Å². The number of H-pyrrole nitrogens is 1. The lowest BCUT2D eigenvalue weighted by atomic mass is 10.2. The maximum atomic E-state index is 12.9. The standard InChI is InChI=1S/C17H19N5O3/c1-9-16(23)22(11-4-3-10(7-11)21-17(24)25-2)14-12-5-6-18-15(12)19-8-13(14)20-9/h5-6,8,10-11H,3-4,7H2,1-2H3,(H,18,19)(H,21,24). The van der Waals surface area contributed by atoms with Crippen LogP contribution in [-0.4, -0.2) is 38.8 Å². The number of amides is 1. The van der Waals surface area contributed by atoms with E-state index in [2.05, 4.69) is 25.0 Å².